The minimum atomic E-state index is -1.01. The Balaban J connectivity index is 0.743. The number of pyridine rings is 1. The van der Waals surface area contributed by atoms with E-state index < -0.39 is 40.5 Å². The van der Waals surface area contributed by atoms with E-state index in [-0.39, 0.29) is 53.8 Å². The quantitative estimate of drug-likeness (QED) is 0.171. The standard InChI is InChI=1S/C49H55N9O7/c1-27(2)57(30-22-32(23-30)64-31-10-11-33-35(24-31)45(63)58(44(33)62)37-13-16-40(59)52-43(37)61)26-28-17-20-56(21-18-28)39-15-12-36(54-55-39)42(60)53-46-48(3,4)47(49(46,5)6)65-38-14-9-29(25-50)41-34(38)8-7-19-51-41/h7-12,14-15,19,24,27-28,30,32,37,46-47H,13,16-18,20-23,26H2,1-6H3,(H,53,60)(H,52,59,61)/t30?,32?,37?,46-,47-. The second-order valence-electron chi connectivity index (χ2n) is 19.7. The van der Waals surface area contributed by atoms with Crippen molar-refractivity contribution < 1.29 is 33.4 Å². The van der Waals surface area contributed by atoms with Gasteiger partial charge in [-0.2, -0.15) is 5.26 Å². The fourth-order valence-corrected chi connectivity index (χ4v) is 11.1. The van der Waals surface area contributed by atoms with Crippen molar-refractivity contribution in [2.24, 2.45) is 16.7 Å². The number of aromatic nitrogens is 3. The van der Waals surface area contributed by atoms with Crippen molar-refractivity contribution in [3.8, 4) is 17.6 Å². The van der Waals surface area contributed by atoms with Gasteiger partial charge in [0.25, 0.3) is 17.7 Å². The van der Waals surface area contributed by atoms with E-state index in [1.807, 2.05) is 24.3 Å². The summed E-state index contributed by atoms with van der Waals surface area (Å²) in [6.07, 6.45) is 5.28. The van der Waals surface area contributed by atoms with Crippen LogP contribution >= 0.6 is 0 Å². The second kappa shape index (κ2) is 16.8. The Morgan fingerprint density at radius 3 is 2.35 bits per heavy atom. The zero-order valence-electron chi connectivity index (χ0n) is 37.7. The normalized spacial score (nSPS) is 24.9. The van der Waals surface area contributed by atoms with Crippen molar-refractivity contribution >= 4 is 46.3 Å². The number of nitrogens with zero attached hydrogens (tertiary/aromatic N) is 7. The maximum atomic E-state index is 13.6. The van der Waals surface area contributed by atoms with Crippen LogP contribution in [0.25, 0.3) is 10.9 Å². The van der Waals surface area contributed by atoms with Crippen LogP contribution in [0.5, 0.6) is 11.5 Å². The Bertz CT molecular complexity index is 2590. The van der Waals surface area contributed by atoms with Crippen LogP contribution < -0.4 is 25.0 Å². The molecule has 2 saturated carbocycles. The van der Waals surface area contributed by atoms with Gasteiger partial charge in [0.2, 0.25) is 11.8 Å². The number of hydrogen-bond acceptors (Lipinski definition) is 13. The van der Waals surface area contributed by atoms with E-state index >= 15 is 0 Å². The largest absolute Gasteiger partial charge is 0.490 e. The number of nitriles is 1. The molecule has 5 amide bonds. The molecule has 3 aliphatic heterocycles. The number of anilines is 1. The first-order valence-corrected chi connectivity index (χ1v) is 22.7. The highest BCUT2D eigenvalue weighted by Gasteiger charge is 2.64. The first kappa shape index (κ1) is 43.8. The number of benzene rings is 2. The molecule has 0 spiro atoms. The first-order valence-electron chi connectivity index (χ1n) is 22.7. The topological polar surface area (TPSA) is 200 Å². The van der Waals surface area contributed by atoms with Crippen LogP contribution in [0.4, 0.5) is 5.82 Å². The van der Waals surface area contributed by atoms with E-state index in [4.69, 9.17) is 9.47 Å². The summed E-state index contributed by atoms with van der Waals surface area (Å²) in [6, 6.07) is 17.5. The summed E-state index contributed by atoms with van der Waals surface area (Å²) in [6.45, 7) is 15.4. The van der Waals surface area contributed by atoms with Crippen molar-refractivity contribution in [2.45, 2.75) is 116 Å². The number of carbonyl (C=O) groups is 5. The molecule has 16 nitrogen and oxygen atoms in total. The minimum Gasteiger partial charge on any atom is -0.490 e. The van der Waals surface area contributed by atoms with Gasteiger partial charge in [0.1, 0.15) is 35.8 Å². The SMILES string of the molecule is CC(C)N(CC1CCN(c2ccc(C(=O)N[C@H]3C(C)(C)[C@H](Oc4ccc(C#N)c5ncccc45)C3(C)C)nn2)CC1)C1CC(Oc2ccc3c(c2)C(=O)N(C2CCC(=O)NC2=O)C3=O)C1. The predicted octanol–water partition coefficient (Wildman–Crippen LogP) is 5.45. The number of amides is 5. The Hall–Kier alpha value is -6.47. The number of ether oxygens (including phenoxy) is 2. The molecule has 0 radical (unpaired) electrons. The lowest BCUT2D eigenvalue weighted by molar-refractivity contribution is -0.163. The maximum absolute atomic E-state index is 13.6. The second-order valence-corrected chi connectivity index (χ2v) is 19.7. The monoisotopic (exact) mass is 881 g/mol. The molecule has 338 valence electrons. The van der Waals surface area contributed by atoms with Crippen LogP contribution in [0.2, 0.25) is 0 Å². The fraction of sp³-hybridized carbons (Fsp3) is 0.490. The van der Waals surface area contributed by atoms with E-state index in [1.54, 1.807) is 36.5 Å². The van der Waals surface area contributed by atoms with Crippen LogP contribution in [0, 0.1) is 28.1 Å². The van der Waals surface area contributed by atoms with Crippen LogP contribution in [-0.2, 0) is 9.59 Å². The molecule has 1 unspecified atom stereocenters. The number of carbonyl (C=O) groups excluding carboxylic acids is 5. The lowest BCUT2D eigenvalue weighted by atomic mass is 9.49. The summed E-state index contributed by atoms with van der Waals surface area (Å²) in [5, 5.41) is 24.7. The molecule has 2 saturated heterocycles. The average Bonchev–Trinajstić information content (AvgIpc) is 3.52. The third-order valence-electron chi connectivity index (χ3n) is 14.4. The van der Waals surface area contributed by atoms with Crippen molar-refractivity contribution in [2.75, 3.05) is 24.5 Å². The summed E-state index contributed by atoms with van der Waals surface area (Å²) in [5.41, 5.74) is 0.962. The van der Waals surface area contributed by atoms with Crippen LogP contribution in [0.15, 0.2) is 60.8 Å². The number of imide groups is 2. The molecular weight excluding hydrogens is 827 g/mol. The molecule has 1 atom stereocenters. The minimum absolute atomic E-state index is 0.0278. The third kappa shape index (κ3) is 7.93. The Morgan fingerprint density at radius 2 is 1.68 bits per heavy atom. The molecule has 2 aliphatic carbocycles. The molecule has 5 aliphatic rings. The molecule has 0 bridgehead atoms. The molecule has 5 heterocycles. The van der Waals surface area contributed by atoms with Crippen molar-refractivity contribution in [1.82, 2.24) is 35.6 Å². The lowest BCUT2D eigenvalue weighted by Crippen LogP contribution is -2.74. The summed E-state index contributed by atoms with van der Waals surface area (Å²) < 4.78 is 12.9. The van der Waals surface area contributed by atoms with Crippen LogP contribution in [-0.4, -0.2) is 111 Å². The fourth-order valence-electron chi connectivity index (χ4n) is 11.1. The molecule has 4 fully saturated rings. The van der Waals surface area contributed by atoms with E-state index in [0.29, 0.717) is 40.6 Å². The van der Waals surface area contributed by atoms with Gasteiger partial charge >= 0.3 is 0 Å². The molecule has 4 aromatic rings. The van der Waals surface area contributed by atoms with Gasteiger partial charge in [-0.3, -0.25) is 44.1 Å². The summed E-state index contributed by atoms with van der Waals surface area (Å²) in [5.74, 6) is 0.0214. The third-order valence-corrected chi connectivity index (χ3v) is 14.4. The van der Waals surface area contributed by atoms with Gasteiger partial charge in [-0.05, 0) is 93.6 Å². The zero-order chi connectivity index (χ0) is 45.9. The van der Waals surface area contributed by atoms with Gasteiger partial charge in [0.15, 0.2) is 11.5 Å². The highest BCUT2D eigenvalue weighted by molar-refractivity contribution is 6.23. The molecule has 2 aromatic carbocycles. The number of piperidine rings is 2. The van der Waals surface area contributed by atoms with Gasteiger partial charge in [-0.1, -0.05) is 27.7 Å². The summed E-state index contributed by atoms with van der Waals surface area (Å²) >= 11 is 0. The van der Waals surface area contributed by atoms with Gasteiger partial charge in [-0.25, -0.2) is 0 Å². The van der Waals surface area contributed by atoms with Crippen molar-refractivity contribution in [3.63, 3.8) is 0 Å². The highest BCUT2D eigenvalue weighted by Crippen LogP contribution is 2.56. The smallest absolute Gasteiger partial charge is 0.272 e. The molecule has 2 aromatic heterocycles. The Labute approximate surface area is 378 Å². The van der Waals surface area contributed by atoms with E-state index in [0.717, 1.165) is 61.4 Å². The first-order chi connectivity index (χ1) is 31.0. The molecular formula is C49H55N9O7. The number of fused-ring (bicyclic) bond motifs is 2. The molecule has 65 heavy (non-hydrogen) atoms. The zero-order valence-corrected chi connectivity index (χ0v) is 37.7. The van der Waals surface area contributed by atoms with Gasteiger partial charge in [-0.15, -0.1) is 10.2 Å². The van der Waals surface area contributed by atoms with E-state index in [2.05, 4.69) is 83.2 Å². The van der Waals surface area contributed by atoms with Crippen LogP contribution in [0.1, 0.15) is 117 Å². The van der Waals surface area contributed by atoms with Crippen LogP contribution in [0.3, 0.4) is 0 Å². The number of nitrogens with one attached hydrogen (secondary N) is 2. The van der Waals surface area contributed by atoms with E-state index in [1.165, 1.54) is 0 Å². The van der Waals surface area contributed by atoms with Gasteiger partial charge in [0, 0.05) is 79.4 Å². The van der Waals surface area contributed by atoms with E-state index in [9.17, 15) is 29.2 Å². The lowest BCUT2D eigenvalue weighted by Gasteiger charge is -2.63. The molecule has 9 rings (SSSR count). The summed E-state index contributed by atoms with van der Waals surface area (Å²) in [4.78, 5) is 74.3. The summed E-state index contributed by atoms with van der Waals surface area (Å²) in [7, 11) is 0. The van der Waals surface area contributed by atoms with Gasteiger partial charge in [0.05, 0.1) is 22.2 Å². The molecule has 16 heteroatoms. The average molecular weight is 882 g/mol. The highest BCUT2D eigenvalue weighted by atomic mass is 16.5. The Morgan fingerprint density at radius 1 is 0.938 bits per heavy atom. The van der Waals surface area contributed by atoms with Crippen molar-refractivity contribution in [3.05, 3.63) is 83.2 Å². The predicted molar refractivity (Wildman–Crippen MR) is 239 cm³/mol. The number of hydrogen-bond donors (Lipinski definition) is 2. The Kier molecular flexibility index (Phi) is 11.3. The number of rotatable bonds is 12. The van der Waals surface area contributed by atoms with Gasteiger partial charge < -0.3 is 19.7 Å². The molecule has 2 N–H and O–H groups in total. The maximum Gasteiger partial charge on any atom is 0.272 e. The van der Waals surface area contributed by atoms with Crippen molar-refractivity contribution in [1.29, 1.82) is 5.26 Å².